The molecule has 1 fully saturated rings. The number of nitrogens with one attached hydrogen (secondary N) is 1. The Morgan fingerprint density at radius 2 is 1.87 bits per heavy atom. The molecule has 1 aliphatic heterocycles. The van der Waals surface area contributed by atoms with Crippen LogP contribution in [-0.2, 0) is 6.18 Å². The third-order valence-corrected chi connectivity index (χ3v) is 4.18. The van der Waals surface area contributed by atoms with Gasteiger partial charge < -0.3 is 9.88 Å². The van der Waals surface area contributed by atoms with Crippen LogP contribution in [0.25, 0.3) is 16.6 Å². The second-order valence-corrected chi connectivity index (χ2v) is 5.66. The molecule has 0 radical (unpaired) electrons. The first kappa shape index (κ1) is 14.1. The molecule has 0 amide bonds. The van der Waals surface area contributed by atoms with Crippen LogP contribution in [0, 0.1) is 0 Å². The predicted molar refractivity (Wildman–Crippen MR) is 79.8 cm³/mol. The number of halogens is 3. The predicted octanol–water partition coefficient (Wildman–Crippen LogP) is 2.79. The Balaban J connectivity index is 2.07. The van der Waals surface area contributed by atoms with Gasteiger partial charge in [-0.05, 0) is 31.0 Å². The van der Waals surface area contributed by atoms with E-state index in [4.69, 9.17) is 0 Å². The molecule has 3 aromatic rings. The van der Waals surface area contributed by atoms with Gasteiger partial charge in [0.25, 0.3) is 5.56 Å². The Morgan fingerprint density at radius 1 is 1.13 bits per heavy atom. The van der Waals surface area contributed by atoms with Crippen molar-refractivity contribution in [2.24, 2.45) is 0 Å². The number of H-pyrrole nitrogens is 1. The number of alkyl halides is 3. The number of fused-ring (bicyclic) bond motifs is 3. The molecular formula is C15H13F3N4O. The largest absolute Gasteiger partial charge is 0.416 e. The zero-order chi connectivity index (χ0) is 16.2. The molecule has 23 heavy (non-hydrogen) atoms. The molecule has 1 aromatic carbocycles. The summed E-state index contributed by atoms with van der Waals surface area (Å²) in [7, 11) is 0. The first-order chi connectivity index (χ1) is 10.9. The number of nitrogens with zero attached hydrogens (tertiary/aromatic N) is 3. The summed E-state index contributed by atoms with van der Waals surface area (Å²) < 4.78 is 40.6. The number of aromatic amines is 1. The van der Waals surface area contributed by atoms with Gasteiger partial charge in [0, 0.05) is 13.1 Å². The zero-order valence-corrected chi connectivity index (χ0v) is 12.0. The van der Waals surface area contributed by atoms with Crippen molar-refractivity contribution in [1.82, 2.24) is 14.4 Å². The number of rotatable bonds is 1. The highest BCUT2D eigenvalue weighted by Crippen LogP contribution is 2.32. The standard InChI is InChI=1S/C15H13F3N4O/c16-15(17,18)9-3-4-10-11(7-9)22-12(13(23)20-10)8-19-14(22)21-5-1-2-6-21/h3-4,7-8H,1-2,5-6H2,(H,20,23). The molecule has 4 rings (SSSR count). The highest BCUT2D eigenvalue weighted by Gasteiger charge is 2.31. The fourth-order valence-corrected chi connectivity index (χ4v) is 3.06. The molecule has 5 nitrogen and oxygen atoms in total. The average molecular weight is 322 g/mol. The molecule has 0 atom stereocenters. The Kier molecular flexibility index (Phi) is 2.91. The molecule has 120 valence electrons. The van der Waals surface area contributed by atoms with Gasteiger partial charge in [0.1, 0.15) is 5.52 Å². The number of aromatic nitrogens is 3. The molecule has 0 aliphatic carbocycles. The summed E-state index contributed by atoms with van der Waals surface area (Å²) >= 11 is 0. The van der Waals surface area contributed by atoms with Crippen LogP contribution < -0.4 is 10.5 Å². The topological polar surface area (TPSA) is 53.4 Å². The highest BCUT2D eigenvalue weighted by molar-refractivity contribution is 5.80. The van der Waals surface area contributed by atoms with Crippen LogP contribution in [0.2, 0.25) is 0 Å². The Labute approximate surface area is 128 Å². The third-order valence-electron chi connectivity index (χ3n) is 4.18. The minimum absolute atomic E-state index is 0.249. The van der Waals surface area contributed by atoms with E-state index in [1.807, 2.05) is 4.90 Å². The highest BCUT2D eigenvalue weighted by atomic mass is 19.4. The minimum Gasteiger partial charge on any atom is -0.342 e. The SMILES string of the molecule is O=c1[nH]c2ccc(C(F)(F)F)cc2n2c(N3CCCC3)ncc12. The molecule has 3 heterocycles. The van der Waals surface area contributed by atoms with Crippen molar-refractivity contribution < 1.29 is 13.2 Å². The van der Waals surface area contributed by atoms with Gasteiger partial charge in [0.2, 0.25) is 5.95 Å². The Hall–Kier alpha value is -2.51. The molecular weight excluding hydrogens is 309 g/mol. The monoisotopic (exact) mass is 322 g/mol. The summed E-state index contributed by atoms with van der Waals surface area (Å²) in [6, 6.07) is 3.31. The van der Waals surface area contributed by atoms with Gasteiger partial charge in [0.15, 0.2) is 0 Å². The summed E-state index contributed by atoms with van der Waals surface area (Å²) in [6.45, 7) is 1.57. The van der Waals surface area contributed by atoms with E-state index in [2.05, 4.69) is 9.97 Å². The minimum atomic E-state index is -4.44. The summed E-state index contributed by atoms with van der Waals surface area (Å²) in [4.78, 5) is 21.0. The summed E-state index contributed by atoms with van der Waals surface area (Å²) in [5.74, 6) is 0.521. The molecule has 0 saturated carbocycles. The number of imidazole rings is 1. The fourth-order valence-electron chi connectivity index (χ4n) is 3.06. The third kappa shape index (κ3) is 2.16. The number of hydrogen-bond donors (Lipinski definition) is 1. The smallest absolute Gasteiger partial charge is 0.342 e. The van der Waals surface area contributed by atoms with E-state index in [9.17, 15) is 18.0 Å². The molecule has 8 heteroatoms. The van der Waals surface area contributed by atoms with Crippen molar-refractivity contribution >= 4 is 22.5 Å². The lowest BCUT2D eigenvalue weighted by atomic mass is 10.2. The van der Waals surface area contributed by atoms with E-state index in [0.29, 0.717) is 17.0 Å². The summed E-state index contributed by atoms with van der Waals surface area (Å²) in [6.07, 6.45) is -1.02. The van der Waals surface area contributed by atoms with Crippen molar-refractivity contribution in [3.63, 3.8) is 0 Å². The van der Waals surface area contributed by atoms with Crippen LogP contribution in [0.4, 0.5) is 19.1 Å². The maximum absolute atomic E-state index is 13.0. The van der Waals surface area contributed by atoms with Crippen LogP contribution in [0.1, 0.15) is 18.4 Å². The lowest BCUT2D eigenvalue weighted by Gasteiger charge is -2.17. The second-order valence-electron chi connectivity index (χ2n) is 5.66. The van der Waals surface area contributed by atoms with Crippen LogP contribution in [0.5, 0.6) is 0 Å². The maximum Gasteiger partial charge on any atom is 0.416 e. The van der Waals surface area contributed by atoms with E-state index in [0.717, 1.165) is 38.1 Å². The lowest BCUT2D eigenvalue weighted by molar-refractivity contribution is -0.137. The number of anilines is 1. The van der Waals surface area contributed by atoms with Gasteiger partial charge in [0.05, 0.1) is 22.8 Å². The van der Waals surface area contributed by atoms with Gasteiger partial charge in [-0.1, -0.05) is 0 Å². The molecule has 1 N–H and O–H groups in total. The first-order valence-electron chi connectivity index (χ1n) is 7.31. The van der Waals surface area contributed by atoms with Crippen molar-refractivity contribution in [3.05, 3.63) is 40.3 Å². The summed E-state index contributed by atoms with van der Waals surface area (Å²) in [5.41, 5.74) is -0.212. The van der Waals surface area contributed by atoms with Crippen LogP contribution in [0.15, 0.2) is 29.2 Å². The van der Waals surface area contributed by atoms with E-state index in [1.165, 1.54) is 16.7 Å². The molecule has 2 aromatic heterocycles. The number of hydrogen-bond acceptors (Lipinski definition) is 3. The van der Waals surface area contributed by atoms with Gasteiger partial charge >= 0.3 is 6.18 Å². The van der Waals surface area contributed by atoms with Gasteiger partial charge in [-0.15, -0.1) is 0 Å². The first-order valence-corrected chi connectivity index (χ1v) is 7.31. The molecule has 0 unspecified atom stereocenters. The van der Waals surface area contributed by atoms with Gasteiger partial charge in [-0.3, -0.25) is 9.20 Å². The van der Waals surface area contributed by atoms with Crippen molar-refractivity contribution in [3.8, 4) is 0 Å². The average Bonchev–Trinajstić information content (AvgIpc) is 3.15. The molecule has 1 aliphatic rings. The van der Waals surface area contributed by atoms with Gasteiger partial charge in [-0.25, -0.2) is 4.98 Å². The van der Waals surface area contributed by atoms with Gasteiger partial charge in [-0.2, -0.15) is 13.2 Å². The van der Waals surface area contributed by atoms with Crippen LogP contribution in [-0.4, -0.2) is 27.5 Å². The van der Waals surface area contributed by atoms with Crippen LogP contribution >= 0.6 is 0 Å². The van der Waals surface area contributed by atoms with E-state index in [-0.39, 0.29) is 11.1 Å². The maximum atomic E-state index is 13.0. The number of benzene rings is 1. The van der Waals surface area contributed by atoms with Crippen molar-refractivity contribution in [2.45, 2.75) is 19.0 Å². The van der Waals surface area contributed by atoms with Crippen LogP contribution in [0.3, 0.4) is 0 Å². The summed E-state index contributed by atoms with van der Waals surface area (Å²) in [5, 5.41) is 0. The Bertz CT molecular complexity index is 951. The molecule has 0 bridgehead atoms. The quantitative estimate of drug-likeness (QED) is 0.749. The van der Waals surface area contributed by atoms with E-state index in [1.54, 1.807) is 0 Å². The van der Waals surface area contributed by atoms with Crippen molar-refractivity contribution in [2.75, 3.05) is 18.0 Å². The molecule has 0 spiro atoms. The lowest BCUT2D eigenvalue weighted by Crippen LogP contribution is -2.21. The van der Waals surface area contributed by atoms with E-state index >= 15 is 0 Å². The Morgan fingerprint density at radius 3 is 2.57 bits per heavy atom. The fraction of sp³-hybridized carbons (Fsp3) is 0.333. The zero-order valence-electron chi connectivity index (χ0n) is 12.0. The molecule has 1 saturated heterocycles. The van der Waals surface area contributed by atoms with Crippen molar-refractivity contribution in [1.29, 1.82) is 0 Å². The normalized spacial score (nSPS) is 15.9. The van der Waals surface area contributed by atoms with E-state index < -0.39 is 11.7 Å². The second kappa shape index (κ2) is 4.74.